The molecule has 0 spiro atoms. The monoisotopic (exact) mass is 398 g/mol. The van der Waals surface area contributed by atoms with Crippen molar-refractivity contribution in [2.75, 3.05) is 42.6 Å². The molecule has 2 aliphatic rings. The summed E-state index contributed by atoms with van der Waals surface area (Å²) < 4.78 is 25.6. The van der Waals surface area contributed by atoms with Crippen LogP contribution in [-0.4, -0.2) is 38.4 Å². The number of rotatable bonds is 4. The number of hydrogen-bond acceptors (Lipinski definition) is 4. The summed E-state index contributed by atoms with van der Waals surface area (Å²) >= 11 is 0. The molecule has 5 heteroatoms. The standard InChI is InChI=1S/C24H31FN2O2/c1-6-28-22-17(3)21(16(2)20-15-24(4,5)29-23(20)22)27-13-11-26(12-14-27)19-9-7-18(25)8-10-19/h7-10H,6,11-15H2,1-5H3. The summed E-state index contributed by atoms with van der Waals surface area (Å²) in [6.45, 7) is 15.0. The lowest BCUT2D eigenvalue weighted by Gasteiger charge is -2.39. The zero-order chi connectivity index (χ0) is 20.8. The highest BCUT2D eigenvalue weighted by Gasteiger charge is 2.37. The van der Waals surface area contributed by atoms with E-state index in [1.165, 1.54) is 28.9 Å². The minimum Gasteiger partial charge on any atom is -0.490 e. The van der Waals surface area contributed by atoms with Gasteiger partial charge in [-0.05, 0) is 64.4 Å². The predicted molar refractivity (Wildman–Crippen MR) is 116 cm³/mol. The summed E-state index contributed by atoms with van der Waals surface area (Å²) in [5.74, 6) is 1.64. The first kappa shape index (κ1) is 19.9. The number of halogens is 1. The van der Waals surface area contributed by atoms with Crippen LogP contribution in [0.4, 0.5) is 15.8 Å². The highest BCUT2D eigenvalue weighted by Crippen LogP contribution is 2.50. The van der Waals surface area contributed by atoms with Crippen LogP contribution in [0.5, 0.6) is 11.5 Å². The number of nitrogens with zero attached hydrogens (tertiary/aromatic N) is 2. The van der Waals surface area contributed by atoms with E-state index >= 15 is 0 Å². The summed E-state index contributed by atoms with van der Waals surface area (Å²) in [4.78, 5) is 4.79. The average molecular weight is 399 g/mol. The zero-order valence-electron chi connectivity index (χ0n) is 18.1. The number of hydrogen-bond donors (Lipinski definition) is 0. The first-order valence-corrected chi connectivity index (χ1v) is 10.5. The van der Waals surface area contributed by atoms with Crippen molar-refractivity contribution in [1.82, 2.24) is 0 Å². The van der Waals surface area contributed by atoms with Gasteiger partial charge in [0.1, 0.15) is 11.4 Å². The highest BCUT2D eigenvalue weighted by atomic mass is 19.1. The topological polar surface area (TPSA) is 24.9 Å². The number of piperazine rings is 1. The van der Waals surface area contributed by atoms with Gasteiger partial charge in [0.2, 0.25) is 0 Å². The lowest BCUT2D eigenvalue weighted by atomic mass is 9.93. The van der Waals surface area contributed by atoms with Crippen molar-refractivity contribution in [3.8, 4) is 11.5 Å². The molecule has 0 aliphatic carbocycles. The predicted octanol–water partition coefficient (Wildman–Crippen LogP) is 4.88. The van der Waals surface area contributed by atoms with Gasteiger partial charge in [0.25, 0.3) is 0 Å². The van der Waals surface area contributed by atoms with Gasteiger partial charge in [-0.25, -0.2) is 4.39 Å². The molecule has 2 aliphatic heterocycles. The smallest absolute Gasteiger partial charge is 0.166 e. The number of fused-ring (bicyclic) bond motifs is 1. The van der Waals surface area contributed by atoms with E-state index in [0.29, 0.717) is 6.61 Å². The molecule has 0 atom stereocenters. The lowest BCUT2D eigenvalue weighted by Crippen LogP contribution is -2.47. The summed E-state index contributed by atoms with van der Waals surface area (Å²) in [6.07, 6.45) is 0.900. The van der Waals surface area contributed by atoms with Gasteiger partial charge in [-0.2, -0.15) is 0 Å². The van der Waals surface area contributed by atoms with E-state index in [4.69, 9.17) is 9.47 Å². The molecule has 0 N–H and O–H groups in total. The fraction of sp³-hybridized carbons (Fsp3) is 0.500. The van der Waals surface area contributed by atoms with Gasteiger partial charge in [-0.15, -0.1) is 0 Å². The van der Waals surface area contributed by atoms with Crippen molar-refractivity contribution < 1.29 is 13.9 Å². The summed E-state index contributed by atoms with van der Waals surface area (Å²) in [5.41, 5.74) is 5.91. The van der Waals surface area contributed by atoms with Gasteiger partial charge < -0.3 is 19.3 Å². The molecule has 0 bridgehead atoms. The van der Waals surface area contributed by atoms with E-state index in [-0.39, 0.29) is 11.4 Å². The Bertz CT molecular complexity index is 900. The molecule has 0 radical (unpaired) electrons. The molecule has 4 nitrogen and oxygen atoms in total. The van der Waals surface area contributed by atoms with E-state index in [2.05, 4.69) is 37.5 Å². The van der Waals surface area contributed by atoms with Crippen LogP contribution in [0, 0.1) is 19.7 Å². The largest absolute Gasteiger partial charge is 0.490 e. The Morgan fingerprint density at radius 3 is 2.24 bits per heavy atom. The van der Waals surface area contributed by atoms with Gasteiger partial charge in [0.05, 0.1) is 6.61 Å². The van der Waals surface area contributed by atoms with Crippen LogP contribution in [0.25, 0.3) is 0 Å². The molecule has 2 aromatic carbocycles. The highest BCUT2D eigenvalue weighted by molar-refractivity contribution is 5.73. The molecule has 1 saturated heterocycles. The molecule has 0 saturated carbocycles. The average Bonchev–Trinajstić information content (AvgIpc) is 3.02. The van der Waals surface area contributed by atoms with Gasteiger partial charge in [0.15, 0.2) is 11.5 Å². The maximum atomic E-state index is 13.2. The first-order chi connectivity index (χ1) is 13.8. The summed E-state index contributed by atoms with van der Waals surface area (Å²) in [5, 5.41) is 0. The third-order valence-electron chi connectivity index (χ3n) is 6.04. The van der Waals surface area contributed by atoms with Crippen molar-refractivity contribution in [2.24, 2.45) is 0 Å². The molecule has 2 aromatic rings. The third-order valence-corrected chi connectivity index (χ3v) is 6.04. The second-order valence-electron chi connectivity index (χ2n) is 8.66. The van der Waals surface area contributed by atoms with E-state index in [0.717, 1.165) is 55.3 Å². The molecule has 2 heterocycles. The van der Waals surface area contributed by atoms with Crippen LogP contribution < -0.4 is 19.3 Å². The number of anilines is 2. The third kappa shape index (κ3) is 3.63. The van der Waals surface area contributed by atoms with Crippen molar-refractivity contribution in [2.45, 2.75) is 46.6 Å². The SMILES string of the molecule is CCOc1c(C)c(N2CCN(c3ccc(F)cc3)CC2)c(C)c2c1OC(C)(C)C2. The second-order valence-corrected chi connectivity index (χ2v) is 8.66. The van der Waals surface area contributed by atoms with Gasteiger partial charge in [-0.3, -0.25) is 0 Å². The van der Waals surface area contributed by atoms with Crippen molar-refractivity contribution in [3.63, 3.8) is 0 Å². The Morgan fingerprint density at radius 1 is 1.00 bits per heavy atom. The molecular formula is C24H31FN2O2. The van der Waals surface area contributed by atoms with Gasteiger partial charge in [0, 0.05) is 55.1 Å². The zero-order valence-corrected chi connectivity index (χ0v) is 18.1. The fourth-order valence-corrected chi connectivity index (χ4v) is 4.70. The molecule has 1 fully saturated rings. The Labute approximate surface area is 173 Å². The Balaban J connectivity index is 1.63. The van der Waals surface area contributed by atoms with Crippen LogP contribution >= 0.6 is 0 Å². The van der Waals surface area contributed by atoms with E-state index in [9.17, 15) is 4.39 Å². The van der Waals surface area contributed by atoms with Gasteiger partial charge >= 0.3 is 0 Å². The Kier molecular flexibility index (Phi) is 5.09. The second kappa shape index (κ2) is 7.43. The molecule has 156 valence electrons. The van der Waals surface area contributed by atoms with Gasteiger partial charge in [-0.1, -0.05) is 0 Å². The fourth-order valence-electron chi connectivity index (χ4n) is 4.70. The van der Waals surface area contributed by atoms with Crippen LogP contribution in [0.15, 0.2) is 24.3 Å². The van der Waals surface area contributed by atoms with E-state index in [1.807, 2.05) is 19.1 Å². The normalized spacial score (nSPS) is 17.9. The molecule has 29 heavy (non-hydrogen) atoms. The van der Waals surface area contributed by atoms with Crippen molar-refractivity contribution >= 4 is 11.4 Å². The minimum absolute atomic E-state index is 0.189. The lowest BCUT2D eigenvalue weighted by molar-refractivity contribution is 0.132. The van der Waals surface area contributed by atoms with E-state index < -0.39 is 0 Å². The molecule has 0 amide bonds. The molecule has 4 rings (SSSR count). The summed E-state index contributed by atoms with van der Waals surface area (Å²) in [7, 11) is 0. The maximum absolute atomic E-state index is 13.2. The van der Waals surface area contributed by atoms with Crippen LogP contribution in [0.2, 0.25) is 0 Å². The molecule has 0 unspecified atom stereocenters. The Hall–Kier alpha value is -2.43. The first-order valence-electron chi connectivity index (χ1n) is 10.5. The molecule has 0 aromatic heterocycles. The minimum atomic E-state index is -0.203. The number of ether oxygens (including phenoxy) is 2. The maximum Gasteiger partial charge on any atom is 0.166 e. The number of benzene rings is 2. The van der Waals surface area contributed by atoms with Crippen LogP contribution in [-0.2, 0) is 6.42 Å². The quantitative estimate of drug-likeness (QED) is 0.733. The van der Waals surface area contributed by atoms with Crippen molar-refractivity contribution in [1.29, 1.82) is 0 Å². The molecular weight excluding hydrogens is 367 g/mol. The van der Waals surface area contributed by atoms with Crippen molar-refractivity contribution in [3.05, 3.63) is 46.8 Å². The van der Waals surface area contributed by atoms with Crippen LogP contribution in [0.1, 0.15) is 37.5 Å². The van der Waals surface area contributed by atoms with E-state index in [1.54, 1.807) is 0 Å². The Morgan fingerprint density at radius 2 is 1.62 bits per heavy atom. The van der Waals surface area contributed by atoms with Crippen LogP contribution in [0.3, 0.4) is 0 Å². The summed E-state index contributed by atoms with van der Waals surface area (Å²) in [6, 6.07) is 6.80.